The van der Waals surface area contributed by atoms with Crippen LogP contribution >= 0.6 is 0 Å². The largest absolute Gasteiger partial charge is 0.394 e. The molecule has 4 aliphatic rings. The lowest BCUT2D eigenvalue weighted by Gasteiger charge is -2.47. The highest BCUT2D eigenvalue weighted by molar-refractivity contribution is 5.02. The molecule has 19 heteroatoms. The lowest BCUT2D eigenvalue weighted by Crippen LogP contribution is -2.68. The Labute approximate surface area is 241 Å². The molecule has 19 nitrogen and oxygen atoms in total. The molecule has 0 bridgehead atoms. The van der Waals surface area contributed by atoms with E-state index in [0.717, 1.165) is 0 Å². The zero-order chi connectivity index (χ0) is 31.0. The Kier molecular flexibility index (Phi) is 11.5. The van der Waals surface area contributed by atoms with Crippen molar-refractivity contribution in [2.24, 2.45) is 34.4 Å². The molecule has 3 saturated heterocycles. The van der Waals surface area contributed by atoms with Crippen LogP contribution in [-0.4, -0.2) is 172 Å². The minimum Gasteiger partial charge on any atom is -0.394 e. The van der Waals surface area contributed by atoms with Crippen molar-refractivity contribution in [3.05, 3.63) is 0 Å². The molecule has 0 aromatic carbocycles. The molecule has 0 aromatic heterocycles. The third kappa shape index (κ3) is 6.60. The maximum absolute atomic E-state index is 11.1. The molecule has 0 aromatic rings. The average molecular weight is 615 g/mol. The van der Waals surface area contributed by atoms with E-state index in [1.807, 2.05) is 0 Å². The highest BCUT2D eigenvalue weighted by atomic mass is 16.8. The third-order valence-corrected chi connectivity index (χ3v) is 8.37. The van der Waals surface area contributed by atoms with E-state index in [9.17, 15) is 35.7 Å². The van der Waals surface area contributed by atoms with Crippen LogP contribution in [0.15, 0.2) is 0 Å². The number of aliphatic hydroxyl groups is 7. The van der Waals surface area contributed by atoms with E-state index in [1.54, 1.807) is 0 Å². The van der Waals surface area contributed by atoms with Crippen molar-refractivity contribution in [1.29, 1.82) is 0 Å². The van der Waals surface area contributed by atoms with Crippen LogP contribution < -0.4 is 34.4 Å². The van der Waals surface area contributed by atoms with Gasteiger partial charge >= 0.3 is 0 Å². The van der Waals surface area contributed by atoms with Crippen molar-refractivity contribution >= 4 is 0 Å². The molecule has 4 rings (SSSR count). The normalized spacial score (nSPS) is 53.8. The van der Waals surface area contributed by atoms with Crippen LogP contribution in [0, 0.1) is 0 Å². The molecule has 4 fully saturated rings. The number of hydrogen-bond donors (Lipinski definition) is 13. The number of aliphatic hydroxyl groups excluding tert-OH is 7. The molecule has 246 valence electrons. The molecule has 1 saturated carbocycles. The summed E-state index contributed by atoms with van der Waals surface area (Å²) in [4.78, 5) is 0. The lowest BCUT2D eigenvalue weighted by atomic mass is 9.84. The molecule has 1 aliphatic carbocycles. The van der Waals surface area contributed by atoms with Crippen LogP contribution in [0.2, 0.25) is 0 Å². The average Bonchev–Trinajstić information content (AvgIpc) is 3.27. The summed E-state index contributed by atoms with van der Waals surface area (Å²) < 4.78 is 34.6. The van der Waals surface area contributed by atoms with Crippen LogP contribution in [0.5, 0.6) is 0 Å². The van der Waals surface area contributed by atoms with Gasteiger partial charge in [-0.25, -0.2) is 0 Å². The number of nitrogens with two attached hydrogens (primary N) is 6. The summed E-state index contributed by atoms with van der Waals surface area (Å²) in [6, 6.07) is -4.18. The van der Waals surface area contributed by atoms with Gasteiger partial charge in [-0.15, -0.1) is 0 Å². The SMILES string of the molecule is NC[C@@H]1O[C@H](O[C@H]2[C@@H](O)[C@H](O[C@H]3C(O[C@H]4O[C@H](CN)[C@@H](O)[C@H](O)[C@H]4N)[C@@H](N)C[C@@H](N)[C@@H]3O)O[C@@H]2CO)[C@H](N)[C@@H](O)[C@@H]1O. The molecule has 0 radical (unpaired) electrons. The Balaban J connectivity index is 1.50. The fourth-order valence-electron chi connectivity index (χ4n) is 5.74. The van der Waals surface area contributed by atoms with E-state index in [0.29, 0.717) is 0 Å². The standard InChI is InChI=1S/C23H46N6O13/c24-2-7-13(32)15(34)10(28)21(37-7)40-18-6(27)1-5(26)12(31)20(18)42-23-17(36)19(9(4-30)39-23)41-22-11(29)16(35)14(33)8(3-25)38-22/h5-23,30-36H,1-4,24-29H2/t5-,6+,7-,8+,9-,10-,11-,12+,13-,14-,15-,16-,17-,18?,19-,20-,21-,22-,23+/m1/s1. The van der Waals surface area contributed by atoms with Gasteiger partial charge in [-0.05, 0) is 6.42 Å². The molecule has 3 heterocycles. The van der Waals surface area contributed by atoms with Crippen LogP contribution in [0.3, 0.4) is 0 Å². The minimum absolute atomic E-state index is 0.0889. The summed E-state index contributed by atoms with van der Waals surface area (Å²) in [6.45, 7) is -0.967. The first-order valence-electron chi connectivity index (χ1n) is 13.9. The van der Waals surface area contributed by atoms with Crippen molar-refractivity contribution < 1.29 is 64.2 Å². The molecular weight excluding hydrogens is 568 g/mol. The predicted octanol–water partition coefficient (Wildman–Crippen LogP) is -8.90. The first-order chi connectivity index (χ1) is 19.8. The summed E-state index contributed by atoms with van der Waals surface area (Å²) in [7, 11) is 0. The highest BCUT2D eigenvalue weighted by Gasteiger charge is 2.54. The number of hydrogen-bond acceptors (Lipinski definition) is 19. The summed E-state index contributed by atoms with van der Waals surface area (Å²) in [5.41, 5.74) is 35.6. The second kappa shape index (κ2) is 14.1. The minimum atomic E-state index is -1.60. The van der Waals surface area contributed by atoms with Gasteiger partial charge in [0.2, 0.25) is 0 Å². The third-order valence-electron chi connectivity index (χ3n) is 8.37. The van der Waals surface area contributed by atoms with Crippen molar-refractivity contribution in [2.45, 2.75) is 123 Å². The zero-order valence-corrected chi connectivity index (χ0v) is 22.8. The van der Waals surface area contributed by atoms with Gasteiger partial charge < -0.3 is 98.6 Å². The molecule has 42 heavy (non-hydrogen) atoms. The first-order valence-corrected chi connectivity index (χ1v) is 13.9. The summed E-state index contributed by atoms with van der Waals surface area (Å²) in [5.74, 6) is 0. The quantitative estimate of drug-likeness (QED) is 0.115. The highest BCUT2D eigenvalue weighted by Crippen LogP contribution is 2.34. The van der Waals surface area contributed by atoms with E-state index in [-0.39, 0.29) is 19.5 Å². The molecule has 0 amide bonds. The van der Waals surface area contributed by atoms with Gasteiger partial charge in [-0.3, -0.25) is 0 Å². The second-order valence-corrected chi connectivity index (χ2v) is 11.2. The van der Waals surface area contributed by atoms with Gasteiger partial charge in [0.1, 0.15) is 67.1 Å². The fraction of sp³-hybridized carbons (Fsp3) is 1.00. The second-order valence-electron chi connectivity index (χ2n) is 11.2. The zero-order valence-electron chi connectivity index (χ0n) is 22.8. The van der Waals surface area contributed by atoms with Gasteiger partial charge in [0, 0.05) is 25.2 Å². The monoisotopic (exact) mass is 614 g/mol. The molecule has 19 N–H and O–H groups in total. The predicted molar refractivity (Wildman–Crippen MR) is 138 cm³/mol. The Bertz CT molecular complexity index is 868. The van der Waals surface area contributed by atoms with E-state index in [1.165, 1.54) is 0 Å². The van der Waals surface area contributed by atoms with E-state index < -0.39 is 123 Å². The Morgan fingerprint density at radius 1 is 0.524 bits per heavy atom. The first kappa shape index (κ1) is 34.1. The van der Waals surface area contributed by atoms with Gasteiger partial charge in [0.15, 0.2) is 18.9 Å². The van der Waals surface area contributed by atoms with Crippen LogP contribution in [0.25, 0.3) is 0 Å². The van der Waals surface area contributed by atoms with Crippen molar-refractivity contribution in [3.8, 4) is 0 Å². The van der Waals surface area contributed by atoms with E-state index in [2.05, 4.69) is 0 Å². The topological polar surface area (TPSA) is 353 Å². The van der Waals surface area contributed by atoms with Crippen LogP contribution in [0.4, 0.5) is 0 Å². The molecule has 0 spiro atoms. The van der Waals surface area contributed by atoms with Crippen molar-refractivity contribution in [2.75, 3.05) is 19.7 Å². The van der Waals surface area contributed by atoms with Crippen LogP contribution in [-0.2, 0) is 28.4 Å². The van der Waals surface area contributed by atoms with Gasteiger partial charge in [0.25, 0.3) is 0 Å². The number of ether oxygens (including phenoxy) is 6. The maximum atomic E-state index is 11.1. The van der Waals surface area contributed by atoms with Crippen molar-refractivity contribution in [1.82, 2.24) is 0 Å². The van der Waals surface area contributed by atoms with Crippen LogP contribution in [0.1, 0.15) is 6.42 Å². The maximum Gasteiger partial charge on any atom is 0.187 e. The fourth-order valence-corrected chi connectivity index (χ4v) is 5.74. The molecular formula is C23H46N6O13. The smallest absolute Gasteiger partial charge is 0.187 e. The molecule has 3 aliphatic heterocycles. The Morgan fingerprint density at radius 2 is 0.976 bits per heavy atom. The Hall–Kier alpha value is -0.760. The Morgan fingerprint density at radius 3 is 1.45 bits per heavy atom. The summed E-state index contributed by atoms with van der Waals surface area (Å²) in [6.07, 6.45) is -19.8. The van der Waals surface area contributed by atoms with Gasteiger partial charge in [0.05, 0.1) is 24.8 Å². The summed E-state index contributed by atoms with van der Waals surface area (Å²) >= 11 is 0. The lowest BCUT2D eigenvalue weighted by molar-refractivity contribution is -0.306. The van der Waals surface area contributed by atoms with E-state index >= 15 is 0 Å². The van der Waals surface area contributed by atoms with Gasteiger partial charge in [-0.2, -0.15) is 0 Å². The number of rotatable bonds is 9. The molecule has 1 unspecified atom stereocenters. The van der Waals surface area contributed by atoms with E-state index in [4.69, 9.17) is 62.8 Å². The summed E-state index contributed by atoms with van der Waals surface area (Å²) in [5, 5.41) is 73.0. The molecule has 19 atom stereocenters. The van der Waals surface area contributed by atoms with Crippen molar-refractivity contribution in [3.63, 3.8) is 0 Å². The van der Waals surface area contributed by atoms with Gasteiger partial charge in [-0.1, -0.05) is 0 Å².